The normalized spacial score (nSPS) is 9.88. The average molecular weight is 231 g/mol. The Morgan fingerprint density at radius 2 is 1.81 bits per heavy atom. The first-order chi connectivity index (χ1) is 7.61. The molecule has 8 nitrogen and oxygen atoms in total. The number of ether oxygens (including phenoxy) is 2. The maximum absolute atomic E-state index is 11.3. The van der Waals surface area contributed by atoms with E-state index >= 15 is 0 Å². The van der Waals surface area contributed by atoms with E-state index in [0.717, 1.165) is 0 Å². The Hall–Kier alpha value is -2.12. The maximum Gasteiger partial charge on any atom is 0.392 e. The summed E-state index contributed by atoms with van der Waals surface area (Å²) < 4.78 is 13.3. The second kappa shape index (κ2) is 5.10. The van der Waals surface area contributed by atoms with Crippen molar-refractivity contribution in [3.05, 3.63) is 16.3 Å². The highest BCUT2D eigenvalue weighted by Gasteiger charge is 2.35. The lowest BCUT2D eigenvalue weighted by Gasteiger charge is -1.96. The summed E-state index contributed by atoms with van der Waals surface area (Å²) in [5.41, 5.74) is -0.921. The summed E-state index contributed by atoms with van der Waals surface area (Å²) in [5, 5.41) is 2.00. The molecule has 0 aliphatic rings. The lowest BCUT2D eigenvalue weighted by molar-refractivity contribution is -0.715. The first-order valence-electron chi connectivity index (χ1n) is 4.60. The molecule has 0 saturated carbocycles. The molecule has 0 saturated heterocycles. The summed E-state index contributed by atoms with van der Waals surface area (Å²) >= 11 is 0. The molecule has 1 rings (SSSR count). The van der Waals surface area contributed by atoms with Gasteiger partial charge in [0, 0.05) is 0 Å². The SMILES string of the molecule is CCOC(=O)c1[nH]o[n+](=O)c1C(=O)OCC. The average Bonchev–Trinajstić information content (AvgIpc) is 2.61. The molecule has 16 heavy (non-hydrogen) atoms. The van der Waals surface area contributed by atoms with Crippen molar-refractivity contribution in [3.8, 4) is 0 Å². The smallest absolute Gasteiger partial charge is 0.392 e. The first-order valence-corrected chi connectivity index (χ1v) is 4.60. The van der Waals surface area contributed by atoms with Crippen molar-refractivity contribution in [1.82, 2.24) is 5.16 Å². The van der Waals surface area contributed by atoms with E-state index in [1.54, 1.807) is 13.8 Å². The summed E-state index contributed by atoms with van der Waals surface area (Å²) in [7, 11) is 0. The second-order valence-electron chi connectivity index (χ2n) is 2.62. The van der Waals surface area contributed by atoms with Gasteiger partial charge in [0.1, 0.15) is 0 Å². The molecule has 1 N–H and O–H groups in total. The molecule has 0 bridgehead atoms. The number of nitrogens with one attached hydrogen (secondary N) is 1. The van der Waals surface area contributed by atoms with Gasteiger partial charge >= 0.3 is 23.3 Å². The number of aromatic nitrogens is 2. The third-order valence-electron chi connectivity index (χ3n) is 1.60. The van der Waals surface area contributed by atoms with Crippen LogP contribution in [0.15, 0.2) is 4.63 Å². The van der Waals surface area contributed by atoms with Crippen LogP contribution in [-0.2, 0) is 9.47 Å². The molecule has 0 aliphatic carbocycles. The Morgan fingerprint density at radius 1 is 1.25 bits per heavy atom. The van der Waals surface area contributed by atoms with E-state index in [4.69, 9.17) is 0 Å². The van der Waals surface area contributed by atoms with Gasteiger partial charge in [-0.2, -0.15) is 0 Å². The monoisotopic (exact) mass is 231 g/mol. The van der Waals surface area contributed by atoms with Crippen LogP contribution in [0.3, 0.4) is 0 Å². The minimum Gasteiger partial charge on any atom is -0.460 e. The van der Waals surface area contributed by atoms with E-state index in [1.807, 2.05) is 5.16 Å². The van der Waals surface area contributed by atoms with Gasteiger partial charge in [0.2, 0.25) is 0 Å². The molecule has 0 radical (unpaired) electrons. The van der Waals surface area contributed by atoms with Crippen LogP contribution >= 0.6 is 0 Å². The zero-order valence-corrected chi connectivity index (χ0v) is 8.81. The topological polar surface area (TPSA) is 105 Å². The standard InChI is InChI=1S/C8H10N2O6/c1-3-14-7(11)5-6(8(12)15-4-2)10(13)16-9-5/h3-4H2,1-2H3/p+1. The largest absolute Gasteiger partial charge is 0.460 e. The highest BCUT2D eigenvalue weighted by molar-refractivity contribution is 5.98. The highest BCUT2D eigenvalue weighted by Crippen LogP contribution is 2.04. The summed E-state index contributed by atoms with van der Waals surface area (Å²) in [6, 6.07) is 0. The fourth-order valence-corrected chi connectivity index (χ4v) is 0.990. The van der Waals surface area contributed by atoms with Crippen LogP contribution in [0.4, 0.5) is 0 Å². The molecular weight excluding hydrogens is 220 g/mol. The number of carbonyl (C=O) groups excluding carboxylic acids is 2. The van der Waals surface area contributed by atoms with Crippen molar-refractivity contribution < 1.29 is 28.3 Å². The molecule has 1 heterocycles. The number of rotatable bonds is 4. The van der Waals surface area contributed by atoms with Gasteiger partial charge < -0.3 is 9.47 Å². The Labute approximate surface area is 89.7 Å². The van der Waals surface area contributed by atoms with E-state index in [0.29, 0.717) is 0 Å². The van der Waals surface area contributed by atoms with E-state index in [9.17, 15) is 14.5 Å². The molecule has 0 unspecified atom stereocenters. The zero-order valence-electron chi connectivity index (χ0n) is 8.81. The first kappa shape index (κ1) is 12.0. The van der Waals surface area contributed by atoms with Crippen LogP contribution in [-0.4, -0.2) is 30.3 Å². The van der Waals surface area contributed by atoms with Crippen molar-refractivity contribution in [1.29, 1.82) is 0 Å². The van der Waals surface area contributed by atoms with Crippen molar-refractivity contribution >= 4 is 11.9 Å². The van der Waals surface area contributed by atoms with Crippen molar-refractivity contribution in [2.24, 2.45) is 0 Å². The van der Waals surface area contributed by atoms with Crippen molar-refractivity contribution in [3.63, 3.8) is 0 Å². The number of esters is 2. The number of hydrogen-bond acceptors (Lipinski definition) is 6. The summed E-state index contributed by atoms with van der Waals surface area (Å²) in [6.07, 6.45) is 0. The predicted molar refractivity (Wildman–Crippen MR) is 48.3 cm³/mol. The van der Waals surface area contributed by atoms with Crippen LogP contribution in [0.2, 0.25) is 0 Å². The fourth-order valence-electron chi connectivity index (χ4n) is 0.990. The molecule has 0 amide bonds. The highest BCUT2D eigenvalue weighted by atomic mass is 16.7. The van der Waals surface area contributed by atoms with Crippen LogP contribution < -0.4 is 4.60 Å². The lowest BCUT2D eigenvalue weighted by atomic mass is 10.3. The summed E-state index contributed by atoms with van der Waals surface area (Å²) in [4.78, 5) is 33.7. The van der Waals surface area contributed by atoms with Gasteiger partial charge in [-0.25, -0.2) is 9.59 Å². The van der Waals surface area contributed by atoms with Crippen molar-refractivity contribution in [2.75, 3.05) is 13.2 Å². The van der Waals surface area contributed by atoms with Gasteiger partial charge in [-0.3, -0.25) is 0 Å². The van der Waals surface area contributed by atoms with Crippen LogP contribution in [0.1, 0.15) is 34.8 Å². The number of carbonyl (C=O) groups is 2. The number of hydrogen-bond donors (Lipinski definition) is 1. The van der Waals surface area contributed by atoms with Gasteiger partial charge in [0.15, 0.2) is 4.60 Å². The Balaban J connectivity index is 3.07. The predicted octanol–water partition coefficient (Wildman–Crippen LogP) is -0.124. The molecule has 1 aromatic rings. The van der Waals surface area contributed by atoms with E-state index in [1.165, 1.54) is 0 Å². The molecule has 0 atom stereocenters. The molecule has 88 valence electrons. The van der Waals surface area contributed by atoms with Gasteiger partial charge in [-0.15, -0.1) is 0 Å². The third-order valence-corrected chi connectivity index (χ3v) is 1.60. The minimum absolute atomic E-state index is 0.0757. The fraction of sp³-hybridized carbons (Fsp3) is 0.500. The third kappa shape index (κ3) is 2.27. The summed E-state index contributed by atoms with van der Waals surface area (Å²) in [5.74, 6) is -1.81. The zero-order chi connectivity index (χ0) is 12.1. The molecule has 0 aliphatic heterocycles. The quantitative estimate of drug-likeness (QED) is 0.724. The Bertz CT molecular complexity index is 446. The Kier molecular flexibility index (Phi) is 3.81. The molecular formula is C8H11N2O6+. The molecule has 1 aromatic heterocycles. The molecule has 0 fully saturated rings. The molecule has 0 aromatic carbocycles. The van der Waals surface area contributed by atoms with E-state index < -0.39 is 17.6 Å². The number of aromatic amines is 1. The van der Waals surface area contributed by atoms with E-state index in [-0.39, 0.29) is 23.5 Å². The maximum atomic E-state index is 11.3. The second-order valence-corrected chi connectivity index (χ2v) is 2.62. The Morgan fingerprint density at radius 3 is 2.38 bits per heavy atom. The lowest BCUT2D eigenvalue weighted by Crippen LogP contribution is -2.25. The van der Waals surface area contributed by atoms with Crippen molar-refractivity contribution in [2.45, 2.75) is 13.8 Å². The minimum atomic E-state index is -0.953. The number of nitrogens with zero attached hydrogens (tertiary/aromatic N) is 1. The molecule has 0 spiro atoms. The van der Waals surface area contributed by atoms with Gasteiger partial charge in [0.25, 0.3) is 0 Å². The van der Waals surface area contributed by atoms with Gasteiger partial charge in [-0.05, 0) is 18.8 Å². The molecule has 8 heteroatoms. The van der Waals surface area contributed by atoms with E-state index in [2.05, 4.69) is 14.1 Å². The van der Waals surface area contributed by atoms with Crippen LogP contribution in [0, 0.1) is 4.91 Å². The van der Waals surface area contributed by atoms with Gasteiger partial charge in [0.05, 0.1) is 13.2 Å². The summed E-state index contributed by atoms with van der Waals surface area (Å²) in [6.45, 7) is 3.35. The van der Waals surface area contributed by atoms with Crippen LogP contribution in [0.25, 0.3) is 0 Å². The number of H-pyrrole nitrogens is 1. The van der Waals surface area contributed by atoms with Crippen LogP contribution in [0.5, 0.6) is 0 Å². The van der Waals surface area contributed by atoms with Gasteiger partial charge in [-0.1, -0.05) is 9.79 Å².